The molecule has 0 saturated carbocycles. The van der Waals surface area contributed by atoms with Crippen molar-refractivity contribution >= 4 is 29.5 Å². The number of ether oxygens (including phenoxy) is 2. The minimum Gasteiger partial charge on any atom is -0.544 e. The summed E-state index contributed by atoms with van der Waals surface area (Å²) in [7, 11) is 3.17. The number of aromatic carboxylic acids is 1. The van der Waals surface area contributed by atoms with E-state index >= 15 is 0 Å². The fourth-order valence-electron chi connectivity index (χ4n) is 2.46. The average Bonchev–Trinajstić information content (AvgIpc) is 3.11. The Morgan fingerprint density at radius 2 is 1.85 bits per heavy atom. The summed E-state index contributed by atoms with van der Waals surface area (Å²) in [5.74, 6) is 0.113. The first kappa shape index (κ1) is 17.7. The Morgan fingerprint density at radius 1 is 1.08 bits per heavy atom. The second kappa shape index (κ2) is 7.84. The molecule has 0 amide bonds. The molecule has 1 heterocycles. The molecule has 0 aliphatic rings. The van der Waals surface area contributed by atoms with Crippen molar-refractivity contribution in [3.8, 4) is 22.8 Å². The molecular formula is C20H16NO4S-. The minimum atomic E-state index is -1.23. The summed E-state index contributed by atoms with van der Waals surface area (Å²) < 4.78 is 10.5. The van der Waals surface area contributed by atoms with Gasteiger partial charge in [0.25, 0.3) is 0 Å². The number of thiazole rings is 1. The molecule has 6 heteroatoms. The Hall–Kier alpha value is -3.12. The van der Waals surface area contributed by atoms with E-state index in [1.165, 1.54) is 0 Å². The molecule has 5 nitrogen and oxygen atoms in total. The van der Waals surface area contributed by atoms with Gasteiger partial charge in [0.05, 0.1) is 30.8 Å². The molecule has 0 radical (unpaired) electrons. The van der Waals surface area contributed by atoms with Crippen LogP contribution in [0.15, 0.2) is 48.5 Å². The Labute approximate surface area is 155 Å². The molecule has 0 unspecified atom stereocenters. The standard InChI is InChI=1S/C20H17NO4S/c1-24-15-10-8-13(16(12-15)25-2)9-11-17-21-18(19(26-17)20(22)23)14-6-4-3-5-7-14/h3-12H,1-2H3,(H,22,23)/p-1/b11-9+. The third-order valence-electron chi connectivity index (χ3n) is 3.72. The predicted octanol–water partition coefficient (Wildman–Crippen LogP) is 3.36. The van der Waals surface area contributed by atoms with Crippen LogP contribution >= 0.6 is 11.3 Å². The summed E-state index contributed by atoms with van der Waals surface area (Å²) in [5, 5.41) is 12.0. The molecule has 0 bridgehead atoms. The van der Waals surface area contributed by atoms with E-state index in [9.17, 15) is 9.90 Å². The number of rotatable bonds is 6. The Balaban J connectivity index is 1.96. The van der Waals surface area contributed by atoms with Gasteiger partial charge in [-0.25, -0.2) is 4.98 Å². The van der Waals surface area contributed by atoms with E-state index in [-0.39, 0.29) is 4.88 Å². The fraction of sp³-hybridized carbons (Fsp3) is 0.100. The van der Waals surface area contributed by atoms with Gasteiger partial charge in [0.2, 0.25) is 0 Å². The van der Waals surface area contributed by atoms with Gasteiger partial charge in [0, 0.05) is 17.2 Å². The first-order valence-electron chi connectivity index (χ1n) is 7.80. The van der Waals surface area contributed by atoms with Crippen LogP contribution in [0, 0.1) is 0 Å². The van der Waals surface area contributed by atoms with Crippen molar-refractivity contribution in [1.82, 2.24) is 4.98 Å². The number of aromatic nitrogens is 1. The van der Waals surface area contributed by atoms with E-state index in [1.54, 1.807) is 26.4 Å². The zero-order valence-electron chi connectivity index (χ0n) is 14.3. The van der Waals surface area contributed by atoms with Gasteiger partial charge >= 0.3 is 0 Å². The van der Waals surface area contributed by atoms with E-state index in [0.29, 0.717) is 22.2 Å². The van der Waals surface area contributed by atoms with Crippen molar-refractivity contribution in [3.63, 3.8) is 0 Å². The molecule has 26 heavy (non-hydrogen) atoms. The number of benzene rings is 2. The van der Waals surface area contributed by atoms with Crippen molar-refractivity contribution in [1.29, 1.82) is 0 Å². The topological polar surface area (TPSA) is 71.5 Å². The maximum absolute atomic E-state index is 11.5. The molecule has 0 aliphatic heterocycles. The van der Waals surface area contributed by atoms with E-state index in [0.717, 1.165) is 22.5 Å². The molecule has 0 atom stereocenters. The lowest BCUT2D eigenvalue weighted by atomic mass is 10.1. The summed E-state index contributed by atoms with van der Waals surface area (Å²) in [6.45, 7) is 0. The third-order valence-corrected chi connectivity index (χ3v) is 4.72. The number of nitrogens with zero attached hydrogens (tertiary/aromatic N) is 1. The number of carboxylic acid groups (broad SMARTS) is 1. The van der Waals surface area contributed by atoms with Crippen LogP contribution in [-0.2, 0) is 0 Å². The van der Waals surface area contributed by atoms with Crippen LogP contribution in [0.25, 0.3) is 23.4 Å². The van der Waals surface area contributed by atoms with Crippen LogP contribution in [-0.4, -0.2) is 25.2 Å². The molecule has 0 spiro atoms. The molecule has 3 aromatic rings. The van der Waals surface area contributed by atoms with Crippen molar-refractivity contribution in [2.75, 3.05) is 14.2 Å². The molecular weight excluding hydrogens is 350 g/mol. The minimum absolute atomic E-state index is 0.109. The monoisotopic (exact) mass is 366 g/mol. The second-order valence-electron chi connectivity index (χ2n) is 5.32. The predicted molar refractivity (Wildman–Crippen MR) is 100 cm³/mol. The van der Waals surface area contributed by atoms with Crippen molar-refractivity contribution in [2.24, 2.45) is 0 Å². The number of carboxylic acids is 1. The van der Waals surface area contributed by atoms with Gasteiger partial charge in [-0.3, -0.25) is 0 Å². The highest BCUT2D eigenvalue weighted by Gasteiger charge is 2.13. The van der Waals surface area contributed by atoms with Crippen LogP contribution in [0.1, 0.15) is 20.2 Å². The first-order chi connectivity index (χ1) is 12.6. The van der Waals surface area contributed by atoms with E-state index in [4.69, 9.17) is 9.47 Å². The third kappa shape index (κ3) is 3.75. The lowest BCUT2D eigenvalue weighted by molar-refractivity contribution is -0.254. The van der Waals surface area contributed by atoms with Gasteiger partial charge in [0.1, 0.15) is 16.5 Å². The number of methoxy groups -OCH3 is 2. The average molecular weight is 366 g/mol. The van der Waals surface area contributed by atoms with Gasteiger partial charge in [0.15, 0.2) is 0 Å². The van der Waals surface area contributed by atoms with Crippen LogP contribution in [0.3, 0.4) is 0 Å². The normalized spacial score (nSPS) is 10.8. The number of hydrogen-bond acceptors (Lipinski definition) is 6. The largest absolute Gasteiger partial charge is 0.544 e. The Morgan fingerprint density at radius 3 is 2.50 bits per heavy atom. The van der Waals surface area contributed by atoms with Gasteiger partial charge in [-0.15, -0.1) is 11.3 Å². The lowest BCUT2D eigenvalue weighted by Crippen LogP contribution is -2.21. The van der Waals surface area contributed by atoms with E-state index in [1.807, 2.05) is 48.5 Å². The highest BCUT2D eigenvalue weighted by Crippen LogP contribution is 2.30. The van der Waals surface area contributed by atoms with Crippen molar-refractivity contribution < 1.29 is 19.4 Å². The highest BCUT2D eigenvalue weighted by molar-refractivity contribution is 7.14. The van der Waals surface area contributed by atoms with E-state index in [2.05, 4.69) is 4.98 Å². The summed E-state index contributed by atoms with van der Waals surface area (Å²) in [6, 6.07) is 14.7. The van der Waals surface area contributed by atoms with Crippen LogP contribution in [0.5, 0.6) is 11.5 Å². The number of hydrogen-bond donors (Lipinski definition) is 0. The summed E-state index contributed by atoms with van der Waals surface area (Å²) in [6.07, 6.45) is 3.58. The summed E-state index contributed by atoms with van der Waals surface area (Å²) in [5.41, 5.74) is 1.99. The van der Waals surface area contributed by atoms with Gasteiger partial charge < -0.3 is 19.4 Å². The smallest absolute Gasteiger partial charge is 0.129 e. The molecule has 2 aromatic carbocycles. The number of carbonyl (C=O) groups is 1. The molecule has 0 N–H and O–H groups in total. The molecule has 1 aromatic heterocycles. The maximum Gasteiger partial charge on any atom is 0.129 e. The van der Waals surface area contributed by atoms with Crippen LogP contribution in [0.2, 0.25) is 0 Å². The molecule has 0 fully saturated rings. The van der Waals surface area contributed by atoms with Crippen molar-refractivity contribution in [3.05, 3.63) is 64.0 Å². The van der Waals surface area contributed by atoms with Gasteiger partial charge in [-0.2, -0.15) is 0 Å². The SMILES string of the molecule is COc1ccc(/C=C/c2nc(-c3ccccc3)c(C(=O)[O-])s2)c(OC)c1. The molecule has 0 aliphatic carbocycles. The van der Waals surface area contributed by atoms with E-state index < -0.39 is 5.97 Å². The fourth-order valence-corrected chi connectivity index (χ4v) is 3.28. The van der Waals surface area contributed by atoms with Crippen LogP contribution in [0.4, 0.5) is 0 Å². The summed E-state index contributed by atoms with van der Waals surface area (Å²) in [4.78, 5) is 16.0. The quantitative estimate of drug-likeness (QED) is 0.669. The maximum atomic E-state index is 11.5. The van der Waals surface area contributed by atoms with Crippen molar-refractivity contribution in [2.45, 2.75) is 0 Å². The Bertz CT molecular complexity index is 948. The lowest BCUT2D eigenvalue weighted by Gasteiger charge is -2.06. The molecule has 0 saturated heterocycles. The zero-order chi connectivity index (χ0) is 18.5. The second-order valence-corrected chi connectivity index (χ2v) is 6.36. The molecule has 132 valence electrons. The van der Waals surface area contributed by atoms with Gasteiger partial charge in [-0.1, -0.05) is 30.3 Å². The Kier molecular flexibility index (Phi) is 5.34. The first-order valence-corrected chi connectivity index (χ1v) is 8.61. The molecule has 3 rings (SSSR count). The van der Waals surface area contributed by atoms with Gasteiger partial charge in [-0.05, 0) is 24.3 Å². The summed E-state index contributed by atoms with van der Waals surface area (Å²) >= 11 is 1.08. The zero-order valence-corrected chi connectivity index (χ0v) is 15.1. The number of carbonyl (C=O) groups excluding carboxylic acids is 1. The highest BCUT2D eigenvalue weighted by atomic mass is 32.1. The van der Waals surface area contributed by atoms with Crippen LogP contribution < -0.4 is 14.6 Å².